The second-order valence-corrected chi connectivity index (χ2v) is 8.59. The zero-order valence-electron chi connectivity index (χ0n) is 21.4. The van der Waals surface area contributed by atoms with Gasteiger partial charge in [-0.1, -0.05) is 44.2 Å². The van der Waals surface area contributed by atoms with E-state index in [1.54, 1.807) is 64.7 Å². The van der Waals surface area contributed by atoms with Gasteiger partial charge in [0.25, 0.3) is 5.56 Å². The molecule has 0 aliphatic carbocycles. The van der Waals surface area contributed by atoms with Gasteiger partial charge in [0.1, 0.15) is 5.82 Å². The van der Waals surface area contributed by atoms with Gasteiger partial charge in [0, 0.05) is 20.1 Å². The monoisotopic (exact) mass is 502 g/mol. The highest BCUT2D eigenvalue weighted by Crippen LogP contribution is 2.29. The lowest BCUT2D eigenvalue weighted by Crippen LogP contribution is -2.40. The van der Waals surface area contributed by atoms with Crippen LogP contribution in [0.25, 0.3) is 23.3 Å². The average molecular weight is 503 g/mol. The molecule has 0 aliphatic rings. The standard InChI is InChI=1S/C28H30N4O5/c1-5-16-31-25-24(26(33)32(17-6-2)28(31)35)30(3)23(29-25)15-13-19-12-14-21(22(18-19)36-4)37-27(34)20-10-8-7-9-11-20/h7-15,18H,5-6,16-17H2,1-4H3. The van der Waals surface area contributed by atoms with E-state index in [4.69, 9.17) is 9.47 Å². The first-order valence-electron chi connectivity index (χ1n) is 12.2. The van der Waals surface area contributed by atoms with Crippen LogP contribution in [0.15, 0.2) is 58.1 Å². The Kier molecular flexibility index (Phi) is 7.71. The maximum absolute atomic E-state index is 13.1. The van der Waals surface area contributed by atoms with Crippen LogP contribution in [0.1, 0.15) is 48.4 Å². The van der Waals surface area contributed by atoms with Gasteiger partial charge in [-0.3, -0.25) is 13.9 Å². The molecule has 2 aromatic carbocycles. The van der Waals surface area contributed by atoms with Crippen molar-refractivity contribution in [2.75, 3.05) is 7.11 Å². The van der Waals surface area contributed by atoms with Gasteiger partial charge in [0.2, 0.25) is 0 Å². The molecule has 0 unspecified atom stereocenters. The quantitative estimate of drug-likeness (QED) is 0.252. The van der Waals surface area contributed by atoms with Crippen molar-refractivity contribution in [3.05, 3.63) is 86.3 Å². The minimum Gasteiger partial charge on any atom is -0.493 e. The van der Waals surface area contributed by atoms with E-state index in [9.17, 15) is 14.4 Å². The lowest BCUT2D eigenvalue weighted by atomic mass is 10.2. The smallest absolute Gasteiger partial charge is 0.343 e. The highest BCUT2D eigenvalue weighted by Gasteiger charge is 2.19. The molecule has 0 N–H and O–H groups in total. The number of hydrogen-bond acceptors (Lipinski definition) is 6. The van der Waals surface area contributed by atoms with E-state index in [0.717, 1.165) is 12.0 Å². The van der Waals surface area contributed by atoms with Gasteiger partial charge in [0.05, 0.1) is 12.7 Å². The highest BCUT2D eigenvalue weighted by molar-refractivity contribution is 5.91. The second kappa shape index (κ2) is 11.1. The maximum Gasteiger partial charge on any atom is 0.343 e. The number of benzene rings is 2. The number of fused-ring (bicyclic) bond motifs is 1. The van der Waals surface area contributed by atoms with E-state index < -0.39 is 5.97 Å². The summed E-state index contributed by atoms with van der Waals surface area (Å²) in [4.78, 5) is 43.1. The Morgan fingerprint density at radius 1 is 0.946 bits per heavy atom. The molecule has 0 bridgehead atoms. The molecule has 0 amide bonds. The predicted octanol–water partition coefficient (Wildman–Crippen LogP) is 4.11. The van der Waals surface area contributed by atoms with Gasteiger partial charge in [-0.25, -0.2) is 14.6 Å². The summed E-state index contributed by atoms with van der Waals surface area (Å²) >= 11 is 0. The molecule has 4 rings (SSSR count). The van der Waals surface area contributed by atoms with Crippen LogP contribution in [0.4, 0.5) is 0 Å². The minimum atomic E-state index is -0.478. The van der Waals surface area contributed by atoms with E-state index in [1.165, 1.54) is 11.7 Å². The van der Waals surface area contributed by atoms with Gasteiger partial charge in [-0.05, 0) is 48.7 Å². The molecule has 192 valence electrons. The molecule has 4 aromatic rings. The van der Waals surface area contributed by atoms with Crippen molar-refractivity contribution in [2.45, 2.75) is 39.8 Å². The van der Waals surface area contributed by atoms with E-state index in [1.807, 2.05) is 26.0 Å². The highest BCUT2D eigenvalue weighted by atomic mass is 16.6. The molecule has 2 heterocycles. The summed E-state index contributed by atoms with van der Waals surface area (Å²) < 4.78 is 15.5. The maximum atomic E-state index is 13.1. The van der Waals surface area contributed by atoms with Gasteiger partial charge in [-0.2, -0.15) is 0 Å². The Bertz CT molecular complexity index is 1580. The summed E-state index contributed by atoms with van der Waals surface area (Å²) in [7, 11) is 3.27. The van der Waals surface area contributed by atoms with E-state index in [-0.39, 0.29) is 11.2 Å². The second-order valence-electron chi connectivity index (χ2n) is 8.59. The van der Waals surface area contributed by atoms with Crippen molar-refractivity contribution in [3.8, 4) is 11.5 Å². The third kappa shape index (κ3) is 5.11. The number of carbonyl (C=O) groups excluding carboxylic acids is 1. The number of imidazole rings is 1. The number of aryl methyl sites for hydroxylation is 2. The normalized spacial score (nSPS) is 11.4. The van der Waals surface area contributed by atoms with Crippen LogP contribution in [0.5, 0.6) is 11.5 Å². The molecule has 9 nitrogen and oxygen atoms in total. The van der Waals surface area contributed by atoms with Crippen molar-refractivity contribution in [3.63, 3.8) is 0 Å². The van der Waals surface area contributed by atoms with E-state index in [0.29, 0.717) is 53.6 Å². The number of esters is 1. The Hall–Kier alpha value is -4.40. The molecule has 0 spiro atoms. The van der Waals surface area contributed by atoms with E-state index in [2.05, 4.69) is 4.98 Å². The average Bonchev–Trinajstić information content (AvgIpc) is 3.24. The number of rotatable bonds is 9. The van der Waals surface area contributed by atoms with Gasteiger partial charge >= 0.3 is 11.7 Å². The van der Waals surface area contributed by atoms with Crippen molar-refractivity contribution < 1.29 is 14.3 Å². The van der Waals surface area contributed by atoms with Crippen LogP contribution in [0.2, 0.25) is 0 Å². The van der Waals surface area contributed by atoms with Crippen LogP contribution >= 0.6 is 0 Å². The Morgan fingerprint density at radius 3 is 2.32 bits per heavy atom. The zero-order chi connectivity index (χ0) is 26.5. The molecule has 0 atom stereocenters. The molecule has 0 saturated carbocycles. The molecule has 0 radical (unpaired) electrons. The third-order valence-electron chi connectivity index (χ3n) is 6.00. The SMILES string of the molecule is CCCn1c(=O)c2c(nc(C=Cc3ccc(OC(=O)c4ccccc4)c(OC)c3)n2C)n(CCC)c1=O. The molecular formula is C28H30N4O5. The van der Waals surface area contributed by atoms with Crippen LogP contribution in [-0.4, -0.2) is 31.8 Å². The molecule has 2 aromatic heterocycles. The van der Waals surface area contributed by atoms with Gasteiger partial charge in [0.15, 0.2) is 22.7 Å². The topological polar surface area (TPSA) is 97.3 Å². The van der Waals surface area contributed by atoms with Crippen molar-refractivity contribution in [2.24, 2.45) is 7.05 Å². The summed E-state index contributed by atoms with van der Waals surface area (Å²) in [6, 6.07) is 13.9. The number of aromatic nitrogens is 4. The number of methoxy groups -OCH3 is 1. The summed E-state index contributed by atoms with van der Waals surface area (Å²) in [6.07, 6.45) is 5.01. The number of hydrogen-bond donors (Lipinski definition) is 0. The van der Waals surface area contributed by atoms with Gasteiger partial charge in [-0.15, -0.1) is 0 Å². The van der Waals surface area contributed by atoms with Crippen molar-refractivity contribution in [1.29, 1.82) is 0 Å². The van der Waals surface area contributed by atoms with Crippen molar-refractivity contribution >= 4 is 29.3 Å². The first-order valence-corrected chi connectivity index (χ1v) is 12.2. The fourth-order valence-electron chi connectivity index (χ4n) is 4.15. The Labute approximate surface area is 214 Å². The zero-order valence-corrected chi connectivity index (χ0v) is 21.4. The summed E-state index contributed by atoms with van der Waals surface area (Å²) in [5, 5.41) is 0. The van der Waals surface area contributed by atoms with Gasteiger partial charge < -0.3 is 14.0 Å². The number of carbonyl (C=O) groups is 1. The van der Waals surface area contributed by atoms with Crippen LogP contribution in [0, 0.1) is 0 Å². The Balaban J connectivity index is 1.68. The molecule has 9 heteroatoms. The summed E-state index contributed by atoms with van der Waals surface area (Å²) in [6.45, 7) is 4.74. The van der Waals surface area contributed by atoms with Crippen LogP contribution < -0.4 is 20.7 Å². The lowest BCUT2D eigenvalue weighted by Gasteiger charge is -2.10. The molecule has 0 fully saturated rings. The Morgan fingerprint density at radius 2 is 1.65 bits per heavy atom. The lowest BCUT2D eigenvalue weighted by molar-refractivity contribution is 0.0729. The molecule has 0 saturated heterocycles. The third-order valence-corrected chi connectivity index (χ3v) is 6.00. The van der Waals surface area contributed by atoms with Crippen LogP contribution in [0.3, 0.4) is 0 Å². The van der Waals surface area contributed by atoms with Crippen LogP contribution in [-0.2, 0) is 20.1 Å². The fourth-order valence-corrected chi connectivity index (χ4v) is 4.15. The fraction of sp³-hybridized carbons (Fsp3) is 0.286. The number of ether oxygens (including phenoxy) is 2. The molecule has 37 heavy (non-hydrogen) atoms. The first kappa shape index (κ1) is 25.7. The minimum absolute atomic E-state index is 0.302. The summed E-state index contributed by atoms with van der Waals surface area (Å²) in [5.41, 5.74) is 1.32. The van der Waals surface area contributed by atoms with E-state index >= 15 is 0 Å². The predicted molar refractivity (Wildman–Crippen MR) is 143 cm³/mol. The molecular weight excluding hydrogens is 472 g/mol. The first-order chi connectivity index (χ1) is 17.9. The summed E-state index contributed by atoms with van der Waals surface area (Å²) in [5.74, 6) is 0.754. The largest absolute Gasteiger partial charge is 0.493 e. The van der Waals surface area contributed by atoms with Crippen molar-refractivity contribution in [1.82, 2.24) is 18.7 Å². The molecule has 0 aliphatic heterocycles. The number of nitrogens with zero attached hydrogens (tertiary/aromatic N) is 4.